The first-order valence-electron chi connectivity index (χ1n) is 4.32. The van der Waals surface area contributed by atoms with Gasteiger partial charge in [-0.3, -0.25) is 0 Å². The fourth-order valence-corrected chi connectivity index (χ4v) is 1.31. The van der Waals surface area contributed by atoms with Crippen molar-refractivity contribution >= 4 is 6.08 Å². The molecule has 13 heavy (non-hydrogen) atoms. The van der Waals surface area contributed by atoms with E-state index in [-0.39, 0.29) is 0 Å². The Kier molecular flexibility index (Phi) is 2.19. The van der Waals surface area contributed by atoms with E-state index in [1.54, 1.807) is 0 Å². The van der Waals surface area contributed by atoms with Crippen molar-refractivity contribution in [3.8, 4) is 5.75 Å². The summed E-state index contributed by atoms with van der Waals surface area (Å²) in [6.45, 7) is 0.629. The van der Waals surface area contributed by atoms with E-state index in [9.17, 15) is 0 Å². The number of hydroxylamine groups is 1. The number of rotatable bonds is 2. The number of benzene rings is 1. The summed E-state index contributed by atoms with van der Waals surface area (Å²) in [6, 6.07) is 7.89. The van der Waals surface area contributed by atoms with Crippen molar-refractivity contribution in [2.45, 2.75) is 6.42 Å². The summed E-state index contributed by atoms with van der Waals surface area (Å²) in [4.78, 5) is 5.31. The number of nitrogens with one attached hydrogen (secondary N) is 1. The van der Waals surface area contributed by atoms with E-state index in [4.69, 9.17) is 10.6 Å². The van der Waals surface area contributed by atoms with Gasteiger partial charge >= 0.3 is 0 Å². The van der Waals surface area contributed by atoms with Crippen LogP contribution in [0.2, 0.25) is 0 Å². The van der Waals surface area contributed by atoms with Crippen LogP contribution in [-0.2, 0) is 0 Å². The fourth-order valence-electron chi connectivity index (χ4n) is 1.31. The third-order valence-corrected chi connectivity index (χ3v) is 1.95. The standard InChI is InChI=1S/C10H12N2O/c11-6-5-9-7-8-3-1-2-4-10(8)13-12-9/h1-4,7,12H,5-6,11H2. The van der Waals surface area contributed by atoms with E-state index in [0.717, 1.165) is 23.4 Å². The average molecular weight is 176 g/mol. The summed E-state index contributed by atoms with van der Waals surface area (Å²) in [5, 5.41) is 0. The Hall–Kier alpha value is -1.48. The van der Waals surface area contributed by atoms with Crippen LogP contribution in [0.1, 0.15) is 12.0 Å². The van der Waals surface area contributed by atoms with E-state index in [1.165, 1.54) is 0 Å². The maximum atomic E-state index is 5.44. The molecule has 3 nitrogen and oxygen atoms in total. The van der Waals surface area contributed by atoms with Gasteiger partial charge in [-0.2, -0.15) is 0 Å². The van der Waals surface area contributed by atoms with Crippen molar-refractivity contribution in [2.75, 3.05) is 6.54 Å². The van der Waals surface area contributed by atoms with Crippen LogP contribution in [-0.4, -0.2) is 6.54 Å². The molecule has 68 valence electrons. The van der Waals surface area contributed by atoms with Gasteiger partial charge in [-0.1, -0.05) is 18.2 Å². The Morgan fingerprint density at radius 3 is 3.00 bits per heavy atom. The molecule has 2 rings (SSSR count). The first-order valence-corrected chi connectivity index (χ1v) is 4.32. The molecule has 1 heterocycles. The molecule has 3 N–H and O–H groups in total. The minimum atomic E-state index is 0.629. The lowest BCUT2D eigenvalue weighted by Crippen LogP contribution is -2.23. The zero-order valence-corrected chi connectivity index (χ0v) is 7.29. The quantitative estimate of drug-likeness (QED) is 0.713. The molecule has 0 saturated heterocycles. The number of hydrogen-bond donors (Lipinski definition) is 2. The van der Waals surface area contributed by atoms with Crippen LogP contribution in [0.15, 0.2) is 30.0 Å². The second-order valence-corrected chi connectivity index (χ2v) is 2.95. The van der Waals surface area contributed by atoms with E-state index in [2.05, 4.69) is 11.6 Å². The van der Waals surface area contributed by atoms with Crippen LogP contribution in [0.5, 0.6) is 5.75 Å². The summed E-state index contributed by atoms with van der Waals surface area (Å²) >= 11 is 0. The van der Waals surface area contributed by atoms with Gasteiger partial charge in [0.05, 0.1) is 5.70 Å². The minimum Gasteiger partial charge on any atom is -0.382 e. The molecule has 0 unspecified atom stereocenters. The highest BCUT2D eigenvalue weighted by atomic mass is 16.6. The molecule has 0 atom stereocenters. The zero-order valence-electron chi connectivity index (χ0n) is 7.29. The van der Waals surface area contributed by atoms with Crippen molar-refractivity contribution in [1.29, 1.82) is 0 Å². The zero-order chi connectivity index (χ0) is 9.10. The van der Waals surface area contributed by atoms with E-state index in [0.29, 0.717) is 6.54 Å². The molecule has 1 aromatic carbocycles. The summed E-state index contributed by atoms with van der Waals surface area (Å²) in [6.07, 6.45) is 2.88. The number of para-hydroxylation sites is 1. The van der Waals surface area contributed by atoms with Gasteiger partial charge in [0.1, 0.15) is 0 Å². The molecule has 0 amide bonds. The van der Waals surface area contributed by atoms with Crippen molar-refractivity contribution < 1.29 is 4.84 Å². The largest absolute Gasteiger partial charge is 0.382 e. The Balaban J connectivity index is 2.28. The Morgan fingerprint density at radius 1 is 1.31 bits per heavy atom. The molecule has 0 aromatic heterocycles. The summed E-state index contributed by atoms with van der Waals surface area (Å²) in [5.74, 6) is 0.864. The highest BCUT2D eigenvalue weighted by Gasteiger charge is 2.08. The topological polar surface area (TPSA) is 47.3 Å². The van der Waals surface area contributed by atoms with Gasteiger partial charge < -0.3 is 10.6 Å². The molecule has 1 aliphatic rings. The maximum absolute atomic E-state index is 5.44. The molecule has 0 aliphatic carbocycles. The van der Waals surface area contributed by atoms with Gasteiger partial charge in [-0.15, -0.1) is 0 Å². The smallest absolute Gasteiger partial charge is 0.162 e. The summed E-state index contributed by atoms with van der Waals surface area (Å²) < 4.78 is 0. The molecule has 0 saturated carbocycles. The van der Waals surface area contributed by atoms with Crippen LogP contribution in [0, 0.1) is 0 Å². The fraction of sp³-hybridized carbons (Fsp3) is 0.200. The third kappa shape index (κ3) is 1.65. The lowest BCUT2D eigenvalue weighted by Gasteiger charge is -2.18. The second-order valence-electron chi connectivity index (χ2n) is 2.95. The van der Waals surface area contributed by atoms with Gasteiger partial charge in [-0.25, -0.2) is 5.48 Å². The van der Waals surface area contributed by atoms with Crippen molar-refractivity contribution in [1.82, 2.24) is 5.48 Å². The molecule has 0 fully saturated rings. The van der Waals surface area contributed by atoms with E-state index < -0.39 is 0 Å². The number of fused-ring (bicyclic) bond motifs is 1. The van der Waals surface area contributed by atoms with Gasteiger partial charge in [0.25, 0.3) is 0 Å². The van der Waals surface area contributed by atoms with Crippen LogP contribution in [0.3, 0.4) is 0 Å². The van der Waals surface area contributed by atoms with Crippen molar-refractivity contribution in [2.24, 2.45) is 5.73 Å². The Labute approximate surface area is 77.2 Å². The monoisotopic (exact) mass is 176 g/mol. The van der Waals surface area contributed by atoms with Gasteiger partial charge in [0, 0.05) is 12.0 Å². The molecule has 0 spiro atoms. The van der Waals surface area contributed by atoms with Crippen LogP contribution in [0.25, 0.3) is 6.08 Å². The van der Waals surface area contributed by atoms with E-state index in [1.807, 2.05) is 24.3 Å². The average Bonchev–Trinajstić information content (AvgIpc) is 2.18. The second kappa shape index (κ2) is 3.49. The molecule has 3 heteroatoms. The normalized spacial score (nSPS) is 13.8. The van der Waals surface area contributed by atoms with Crippen LogP contribution >= 0.6 is 0 Å². The predicted molar refractivity (Wildman–Crippen MR) is 51.9 cm³/mol. The SMILES string of the molecule is NCCC1=Cc2ccccc2ON1. The molecular weight excluding hydrogens is 164 g/mol. The predicted octanol–water partition coefficient (Wildman–Crippen LogP) is 1.27. The molecule has 0 bridgehead atoms. The Morgan fingerprint density at radius 2 is 2.15 bits per heavy atom. The van der Waals surface area contributed by atoms with Crippen molar-refractivity contribution in [3.63, 3.8) is 0 Å². The molecular formula is C10H12N2O. The first-order chi connectivity index (χ1) is 6.40. The maximum Gasteiger partial charge on any atom is 0.162 e. The highest BCUT2D eigenvalue weighted by molar-refractivity contribution is 5.60. The van der Waals surface area contributed by atoms with Crippen LogP contribution in [0.4, 0.5) is 0 Å². The lowest BCUT2D eigenvalue weighted by molar-refractivity contribution is 0.221. The van der Waals surface area contributed by atoms with Gasteiger partial charge in [0.15, 0.2) is 5.75 Å². The Bertz CT molecular complexity index is 333. The molecule has 1 aliphatic heterocycles. The third-order valence-electron chi connectivity index (χ3n) is 1.95. The number of hydrogen-bond acceptors (Lipinski definition) is 3. The molecule has 0 radical (unpaired) electrons. The minimum absolute atomic E-state index is 0.629. The van der Waals surface area contributed by atoms with Gasteiger partial charge in [0.2, 0.25) is 0 Å². The molecule has 1 aromatic rings. The highest BCUT2D eigenvalue weighted by Crippen LogP contribution is 2.23. The van der Waals surface area contributed by atoms with Crippen LogP contribution < -0.4 is 16.1 Å². The number of nitrogens with two attached hydrogens (primary N) is 1. The lowest BCUT2D eigenvalue weighted by atomic mass is 10.1. The summed E-state index contributed by atoms with van der Waals surface area (Å²) in [7, 11) is 0. The van der Waals surface area contributed by atoms with Gasteiger partial charge in [-0.05, 0) is 18.7 Å². The van der Waals surface area contributed by atoms with Crippen molar-refractivity contribution in [3.05, 3.63) is 35.5 Å². The van der Waals surface area contributed by atoms with E-state index >= 15 is 0 Å². The summed E-state index contributed by atoms with van der Waals surface area (Å²) in [5.41, 5.74) is 10.4. The first kappa shape index (κ1) is 8.13.